The lowest BCUT2D eigenvalue weighted by molar-refractivity contribution is -0.166. The van der Waals surface area contributed by atoms with Crippen molar-refractivity contribution in [1.82, 2.24) is 19.2 Å². The third-order valence-electron chi connectivity index (χ3n) is 4.45. The summed E-state index contributed by atoms with van der Waals surface area (Å²) in [6.45, 7) is 1.00. The van der Waals surface area contributed by atoms with Gasteiger partial charge in [-0.15, -0.1) is 0 Å². The van der Waals surface area contributed by atoms with Crippen molar-refractivity contribution in [2.24, 2.45) is 5.92 Å². The highest BCUT2D eigenvalue weighted by Gasteiger charge is 2.39. The molecular formula is C14H18F3N5O2S. The fraction of sp³-hybridized carbons (Fsp3) is 0.714. The van der Waals surface area contributed by atoms with Gasteiger partial charge in [0.25, 0.3) is 0 Å². The fourth-order valence-corrected chi connectivity index (χ4v) is 3.74. The van der Waals surface area contributed by atoms with Crippen molar-refractivity contribution in [1.29, 1.82) is 0 Å². The molecule has 3 heterocycles. The van der Waals surface area contributed by atoms with Crippen LogP contribution in [0.3, 0.4) is 0 Å². The summed E-state index contributed by atoms with van der Waals surface area (Å²) in [5.74, 6) is -1.27. The molecule has 138 valence electrons. The number of hydrogen-bond acceptors (Lipinski definition) is 6. The maximum Gasteiger partial charge on any atom is 0.406 e. The lowest BCUT2D eigenvalue weighted by atomic mass is 9.94. The molecular weight excluding hydrogens is 359 g/mol. The number of rotatable bonds is 3. The van der Waals surface area contributed by atoms with Crippen molar-refractivity contribution >= 4 is 28.5 Å². The standard InChI is InChI=1S/C14H18F3N5O2S/c15-14(16,17)8-22-2-1-10(7-11(22)23)12(24)20-3-5-21(6-4-20)13-18-9-19-25-13/h9-10H,1-8H2. The Kier molecular flexibility index (Phi) is 5.11. The molecule has 0 aliphatic carbocycles. The first kappa shape index (κ1) is 17.9. The van der Waals surface area contributed by atoms with Crippen LogP contribution in [0.2, 0.25) is 0 Å². The van der Waals surface area contributed by atoms with Crippen molar-refractivity contribution in [2.45, 2.75) is 19.0 Å². The average molecular weight is 377 g/mol. The van der Waals surface area contributed by atoms with Crippen molar-refractivity contribution in [3.63, 3.8) is 0 Å². The monoisotopic (exact) mass is 377 g/mol. The molecule has 1 atom stereocenters. The maximum absolute atomic E-state index is 12.6. The van der Waals surface area contributed by atoms with E-state index in [1.54, 1.807) is 4.90 Å². The van der Waals surface area contributed by atoms with E-state index in [9.17, 15) is 22.8 Å². The summed E-state index contributed by atoms with van der Waals surface area (Å²) in [6.07, 6.45) is -2.80. The molecule has 1 aromatic rings. The van der Waals surface area contributed by atoms with E-state index < -0.39 is 24.5 Å². The van der Waals surface area contributed by atoms with E-state index in [1.165, 1.54) is 17.9 Å². The number of anilines is 1. The predicted octanol–water partition coefficient (Wildman–Crippen LogP) is 0.988. The molecule has 1 unspecified atom stereocenters. The zero-order chi connectivity index (χ0) is 18.0. The van der Waals surface area contributed by atoms with Gasteiger partial charge in [0, 0.05) is 56.6 Å². The minimum absolute atomic E-state index is 0.0283. The maximum atomic E-state index is 12.6. The van der Waals surface area contributed by atoms with Gasteiger partial charge in [-0.25, -0.2) is 4.98 Å². The van der Waals surface area contributed by atoms with Crippen LogP contribution in [0.1, 0.15) is 12.8 Å². The highest BCUT2D eigenvalue weighted by molar-refractivity contribution is 7.09. The van der Waals surface area contributed by atoms with E-state index in [1.807, 2.05) is 4.90 Å². The molecule has 25 heavy (non-hydrogen) atoms. The molecule has 2 saturated heterocycles. The number of piperidine rings is 1. The first-order chi connectivity index (χ1) is 11.8. The highest BCUT2D eigenvalue weighted by atomic mass is 32.1. The van der Waals surface area contributed by atoms with Gasteiger partial charge in [-0.1, -0.05) is 0 Å². The summed E-state index contributed by atoms with van der Waals surface area (Å²) in [6, 6.07) is 0. The number of aromatic nitrogens is 2. The second kappa shape index (κ2) is 7.14. The average Bonchev–Trinajstić information content (AvgIpc) is 3.09. The van der Waals surface area contributed by atoms with E-state index in [-0.39, 0.29) is 25.3 Å². The Hall–Kier alpha value is -1.91. The summed E-state index contributed by atoms with van der Waals surface area (Å²) < 4.78 is 41.2. The minimum Gasteiger partial charge on any atom is -0.343 e. The van der Waals surface area contributed by atoms with Crippen molar-refractivity contribution < 1.29 is 22.8 Å². The molecule has 7 nitrogen and oxygen atoms in total. The minimum atomic E-state index is -4.41. The van der Waals surface area contributed by atoms with Crippen LogP contribution in [0.5, 0.6) is 0 Å². The molecule has 0 N–H and O–H groups in total. The molecule has 3 rings (SSSR count). The topological polar surface area (TPSA) is 69.6 Å². The van der Waals surface area contributed by atoms with Crippen LogP contribution in [0.4, 0.5) is 18.3 Å². The Morgan fingerprint density at radius 3 is 2.52 bits per heavy atom. The molecule has 0 radical (unpaired) electrons. The van der Waals surface area contributed by atoms with Crippen LogP contribution < -0.4 is 4.90 Å². The largest absolute Gasteiger partial charge is 0.406 e. The number of likely N-dealkylation sites (tertiary alicyclic amines) is 1. The Balaban J connectivity index is 1.50. The van der Waals surface area contributed by atoms with Crippen molar-refractivity contribution in [3.05, 3.63) is 6.33 Å². The molecule has 0 bridgehead atoms. The molecule has 2 fully saturated rings. The first-order valence-corrected chi connectivity index (χ1v) is 8.76. The van der Waals surface area contributed by atoms with Gasteiger partial charge in [0.15, 0.2) is 0 Å². The van der Waals surface area contributed by atoms with Crippen LogP contribution in [-0.4, -0.2) is 76.4 Å². The van der Waals surface area contributed by atoms with Gasteiger partial charge in [0.1, 0.15) is 12.9 Å². The summed E-state index contributed by atoms with van der Waals surface area (Å²) in [5.41, 5.74) is 0. The summed E-state index contributed by atoms with van der Waals surface area (Å²) >= 11 is 1.29. The molecule has 0 saturated carbocycles. The molecule has 11 heteroatoms. The van der Waals surface area contributed by atoms with Gasteiger partial charge >= 0.3 is 6.18 Å². The predicted molar refractivity (Wildman–Crippen MR) is 84.1 cm³/mol. The van der Waals surface area contributed by atoms with Gasteiger partial charge in [-0.3, -0.25) is 9.59 Å². The number of amides is 2. The summed E-state index contributed by atoms with van der Waals surface area (Å²) in [5, 5.41) is 0.808. The first-order valence-electron chi connectivity index (χ1n) is 7.98. The Bertz CT molecular complexity index is 616. The van der Waals surface area contributed by atoms with Crippen LogP contribution in [0.25, 0.3) is 0 Å². The van der Waals surface area contributed by atoms with E-state index in [0.29, 0.717) is 26.2 Å². The molecule has 2 amide bonds. The number of nitrogens with zero attached hydrogens (tertiary/aromatic N) is 5. The molecule has 1 aromatic heterocycles. The number of hydrogen-bond donors (Lipinski definition) is 0. The second-order valence-electron chi connectivity index (χ2n) is 6.16. The second-order valence-corrected chi connectivity index (χ2v) is 6.91. The number of halogens is 3. The van der Waals surface area contributed by atoms with E-state index in [0.717, 1.165) is 10.0 Å². The highest BCUT2D eigenvalue weighted by Crippen LogP contribution is 2.25. The molecule has 0 aromatic carbocycles. The SMILES string of the molecule is O=C1CC(C(=O)N2CCN(c3ncns3)CC2)CCN1CC(F)(F)F. The normalized spacial score (nSPS) is 22.4. The van der Waals surface area contributed by atoms with E-state index in [4.69, 9.17) is 0 Å². The number of piperazine rings is 1. The third-order valence-corrected chi connectivity index (χ3v) is 5.18. The lowest BCUT2D eigenvalue weighted by Gasteiger charge is -2.38. The summed E-state index contributed by atoms with van der Waals surface area (Å²) in [4.78, 5) is 33.1. The van der Waals surface area contributed by atoms with Crippen LogP contribution >= 0.6 is 11.5 Å². The number of alkyl halides is 3. The van der Waals surface area contributed by atoms with E-state index in [2.05, 4.69) is 9.36 Å². The van der Waals surface area contributed by atoms with Gasteiger partial charge in [-0.05, 0) is 6.42 Å². The zero-order valence-electron chi connectivity index (χ0n) is 13.4. The quantitative estimate of drug-likeness (QED) is 0.786. The molecule has 2 aliphatic rings. The van der Waals surface area contributed by atoms with Gasteiger partial charge in [-0.2, -0.15) is 17.5 Å². The van der Waals surface area contributed by atoms with Crippen LogP contribution in [-0.2, 0) is 9.59 Å². The number of carbonyl (C=O) groups is 2. The Morgan fingerprint density at radius 2 is 1.96 bits per heavy atom. The molecule has 2 aliphatic heterocycles. The van der Waals surface area contributed by atoms with Crippen molar-refractivity contribution in [2.75, 3.05) is 44.2 Å². The fourth-order valence-electron chi connectivity index (χ4n) is 3.16. The third kappa shape index (κ3) is 4.39. The molecule has 0 spiro atoms. The van der Waals surface area contributed by atoms with Gasteiger partial charge in [0.05, 0.1) is 0 Å². The van der Waals surface area contributed by atoms with Gasteiger partial charge in [0.2, 0.25) is 16.9 Å². The van der Waals surface area contributed by atoms with E-state index >= 15 is 0 Å². The van der Waals surface area contributed by atoms with Crippen LogP contribution in [0.15, 0.2) is 6.33 Å². The lowest BCUT2D eigenvalue weighted by Crippen LogP contribution is -2.53. The smallest absolute Gasteiger partial charge is 0.343 e. The number of carbonyl (C=O) groups excluding carboxylic acids is 2. The zero-order valence-corrected chi connectivity index (χ0v) is 14.2. The van der Waals surface area contributed by atoms with Gasteiger partial charge < -0.3 is 14.7 Å². The summed E-state index contributed by atoms with van der Waals surface area (Å²) in [7, 11) is 0. The Labute approximate surface area is 146 Å². The van der Waals surface area contributed by atoms with Crippen molar-refractivity contribution in [3.8, 4) is 0 Å². The van der Waals surface area contributed by atoms with Crippen LogP contribution in [0, 0.1) is 5.92 Å². The Morgan fingerprint density at radius 1 is 1.24 bits per heavy atom.